The first kappa shape index (κ1) is 29.0. The Morgan fingerprint density at radius 2 is 1.67 bits per heavy atom. The normalized spacial score (nSPS) is 18.1. The van der Waals surface area contributed by atoms with Gasteiger partial charge in [-0.1, -0.05) is 57.6 Å². The van der Waals surface area contributed by atoms with Crippen molar-refractivity contribution in [1.29, 1.82) is 0 Å². The summed E-state index contributed by atoms with van der Waals surface area (Å²) in [5, 5.41) is 3.08. The second kappa shape index (κ2) is 10.7. The van der Waals surface area contributed by atoms with Gasteiger partial charge in [0.1, 0.15) is 0 Å². The van der Waals surface area contributed by atoms with E-state index in [2.05, 4.69) is 5.16 Å². The summed E-state index contributed by atoms with van der Waals surface area (Å²) in [5.41, 5.74) is -3.08. The molecule has 1 amide bonds. The number of rotatable bonds is 6. The molecule has 4 nitrogen and oxygen atoms in total. The molecule has 0 radical (unpaired) electrons. The molecule has 2 aromatic carbocycles. The minimum Gasteiger partial charge on any atom is -0.374 e. The van der Waals surface area contributed by atoms with Crippen LogP contribution in [0.1, 0.15) is 17.5 Å². The number of carbonyl (C=O) groups is 1. The van der Waals surface area contributed by atoms with Gasteiger partial charge < -0.3 is 9.74 Å². The Kier molecular flexibility index (Phi) is 8.62. The molecule has 196 valence electrons. The minimum absolute atomic E-state index is 0.0334. The molecular weight excluding hydrogens is 600 g/mol. The first-order chi connectivity index (χ1) is 16.6. The summed E-state index contributed by atoms with van der Waals surface area (Å²) in [7, 11) is 1.32. The van der Waals surface area contributed by atoms with E-state index in [1.165, 1.54) is 25.2 Å². The minimum atomic E-state index is -4.93. The van der Waals surface area contributed by atoms with Crippen LogP contribution in [0.5, 0.6) is 0 Å². The van der Waals surface area contributed by atoms with Crippen molar-refractivity contribution in [2.45, 2.75) is 24.4 Å². The quantitative estimate of drug-likeness (QED) is 0.244. The van der Waals surface area contributed by atoms with Crippen LogP contribution in [-0.2, 0) is 15.2 Å². The maximum Gasteiger partial charge on any atom is 0.435 e. The molecule has 1 aliphatic rings. The molecule has 36 heavy (non-hydrogen) atoms. The van der Waals surface area contributed by atoms with Gasteiger partial charge >= 0.3 is 12.4 Å². The predicted molar refractivity (Wildman–Crippen MR) is 130 cm³/mol. The van der Waals surface area contributed by atoms with Crippen molar-refractivity contribution in [3.63, 3.8) is 0 Å². The highest BCUT2D eigenvalue weighted by molar-refractivity contribution is 8.00. The van der Waals surface area contributed by atoms with Gasteiger partial charge in [-0.15, -0.1) is 11.8 Å². The highest BCUT2D eigenvalue weighted by atomic mass is 35.5. The average Bonchev–Trinajstić information content (AvgIpc) is 3.22. The van der Waals surface area contributed by atoms with Gasteiger partial charge in [-0.05, 0) is 24.3 Å². The van der Waals surface area contributed by atoms with Gasteiger partial charge in [0.25, 0.3) is 5.60 Å². The van der Waals surface area contributed by atoms with Crippen LogP contribution >= 0.6 is 58.2 Å². The molecule has 1 atom stereocenters. The van der Waals surface area contributed by atoms with Gasteiger partial charge in [0.05, 0.1) is 43.0 Å². The summed E-state index contributed by atoms with van der Waals surface area (Å²) in [5.74, 6) is -2.29. The number of oxime groups is 1. The Hall–Kier alpha value is -1.53. The van der Waals surface area contributed by atoms with E-state index in [1.807, 2.05) is 0 Å². The highest BCUT2D eigenvalue weighted by Crippen LogP contribution is 2.50. The molecule has 3 rings (SSSR count). The molecule has 0 spiro atoms. The lowest BCUT2D eigenvalue weighted by atomic mass is 9.86. The number of thioether (sulfide) groups is 1. The number of alkyl halides is 6. The number of amides is 1. The van der Waals surface area contributed by atoms with Crippen LogP contribution in [0.25, 0.3) is 0 Å². The molecule has 0 aliphatic carbocycles. The zero-order chi connectivity index (χ0) is 27.1. The molecule has 0 bridgehead atoms. The number of carbonyl (C=O) groups excluding carboxylic acids is 1. The number of benzene rings is 2. The van der Waals surface area contributed by atoms with E-state index in [0.717, 1.165) is 17.0 Å². The maximum absolute atomic E-state index is 14.2. The number of hydrogen-bond donors (Lipinski definition) is 0. The zero-order valence-electron chi connectivity index (χ0n) is 17.9. The topological polar surface area (TPSA) is 41.9 Å². The van der Waals surface area contributed by atoms with Crippen molar-refractivity contribution in [3.8, 4) is 0 Å². The van der Waals surface area contributed by atoms with Crippen LogP contribution in [0.2, 0.25) is 20.1 Å². The van der Waals surface area contributed by atoms with Gasteiger partial charge in [-0.25, -0.2) is 0 Å². The van der Waals surface area contributed by atoms with Crippen LogP contribution in [0, 0.1) is 0 Å². The van der Waals surface area contributed by atoms with Crippen molar-refractivity contribution in [1.82, 2.24) is 0 Å². The number of nitrogens with zero attached hydrogens (tertiary/aromatic N) is 2. The maximum atomic E-state index is 14.2. The van der Waals surface area contributed by atoms with E-state index in [1.54, 1.807) is 0 Å². The van der Waals surface area contributed by atoms with Crippen LogP contribution in [0.4, 0.5) is 32.0 Å². The van der Waals surface area contributed by atoms with Crippen LogP contribution in [0.15, 0.2) is 35.5 Å². The van der Waals surface area contributed by atoms with Crippen molar-refractivity contribution in [3.05, 3.63) is 61.5 Å². The van der Waals surface area contributed by atoms with Gasteiger partial charge in [0.2, 0.25) is 5.91 Å². The first-order valence-electron chi connectivity index (χ1n) is 9.73. The molecule has 1 heterocycles. The lowest BCUT2D eigenvalue weighted by Gasteiger charge is -2.30. The SMILES string of the molecule is CN(C(=O)CSCC(F)(F)F)c1ccc(C2=NOC(c3cc(Cl)c(Cl)c(Cl)c3)(C(F)(F)F)C2)cc1Cl. The van der Waals surface area contributed by atoms with Crippen LogP contribution in [-0.4, -0.2) is 42.5 Å². The molecule has 2 aromatic rings. The summed E-state index contributed by atoms with van der Waals surface area (Å²) < 4.78 is 79.5. The van der Waals surface area contributed by atoms with Gasteiger partial charge in [0, 0.05) is 24.6 Å². The molecule has 0 N–H and O–H groups in total. The van der Waals surface area contributed by atoms with E-state index < -0.39 is 47.4 Å². The predicted octanol–water partition coefficient (Wildman–Crippen LogP) is 8.14. The standard InChI is InChI=1S/C21H14Cl4F6N2O2S/c1-33(17(34)8-36-9-20(26,27)28)16-3-2-10(4-12(16)22)15-7-19(35-32-15,21(29,30)31)11-5-13(23)18(25)14(24)6-11/h2-6H,7-9H2,1H3. The highest BCUT2D eigenvalue weighted by Gasteiger charge is 2.62. The van der Waals surface area contributed by atoms with Crippen molar-refractivity contribution >= 4 is 75.5 Å². The van der Waals surface area contributed by atoms with E-state index in [0.29, 0.717) is 11.8 Å². The second-order valence-electron chi connectivity index (χ2n) is 7.61. The Balaban J connectivity index is 1.83. The van der Waals surface area contributed by atoms with Gasteiger partial charge in [-0.2, -0.15) is 26.3 Å². The van der Waals surface area contributed by atoms with E-state index in [-0.39, 0.29) is 37.1 Å². The largest absolute Gasteiger partial charge is 0.435 e. The third kappa shape index (κ3) is 6.12. The molecule has 0 saturated carbocycles. The first-order valence-corrected chi connectivity index (χ1v) is 12.4. The fraction of sp³-hybridized carbons (Fsp3) is 0.333. The van der Waals surface area contributed by atoms with Crippen molar-refractivity contribution in [2.24, 2.45) is 5.16 Å². The fourth-order valence-electron chi connectivity index (χ4n) is 3.29. The van der Waals surface area contributed by atoms with Crippen LogP contribution in [0.3, 0.4) is 0 Å². The Morgan fingerprint density at radius 3 is 2.19 bits per heavy atom. The van der Waals surface area contributed by atoms with Gasteiger partial charge in [0.15, 0.2) is 0 Å². The summed E-state index contributed by atoms with van der Waals surface area (Å²) in [6.07, 6.45) is -10.1. The Labute approximate surface area is 225 Å². The Morgan fingerprint density at radius 1 is 1.06 bits per heavy atom. The van der Waals surface area contributed by atoms with Gasteiger partial charge in [-0.3, -0.25) is 4.79 Å². The van der Waals surface area contributed by atoms with Crippen molar-refractivity contribution < 1.29 is 36.0 Å². The molecule has 1 aliphatic heterocycles. The smallest absolute Gasteiger partial charge is 0.374 e. The Bertz CT molecular complexity index is 1180. The monoisotopic (exact) mass is 612 g/mol. The molecule has 1 unspecified atom stereocenters. The van der Waals surface area contributed by atoms with E-state index >= 15 is 0 Å². The summed E-state index contributed by atoms with van der Waals surface area (Å²) >= 11 is 24.4. The van der Waals surface area contributed by atoms with Crippen molar-refractivity contribution in [2.75, 3.05) is 23.5 Å². The number of hydrogen-bond acceptors (Lipinski definition) is 4. The average molecular weight is 614 g/mol. The molecule has 0 aromatic heterocycles. The van der Waals surface area contributed by atoms with E-state index in [9.17, 15) is 31.1 Å². The summed E-state index contributed by atoms with van der Waals surface area (Å²) in [6, 6.07) is 5.98. The lowest BCUT2D eigenvalue weighted by molar-refractivity contribution is -0.275. The molecular formula is C21H14Cl4F6N2O2S. The second-order valence-corrected chi connectivity index (χ2v) is 10.2. The summed E-state index contributed by atoms with van der Waals surface area (Å²) in [6.45, 7) is 0. The number of halogens is 10. The zero-order valence-corrected chi connectivity index (χ0v) is 21.7. The molecule has 15 heteroatoms. The molecule has 0 saturated heterocycles. The van der Waals surface area contributed by atoms with Crippen LogP contribution < -0.4 is 4.90 Å². The number of anilines is 1. The lowest BCUT2D eigenvalue weighted by Crippen LogP contribution is -2.42. The van der Waals surface area contributed by atoms with E-state index in [4.69, 9.17) is 51.2 Å². The fourth-order valence-corrected chi connectivity index (χ4v) is 4.90. The third-order valence-electron chi connectivity index (χ3n) is 5.14. The molecule has 0 fully saturated rings. The summed E-state index contributed by atoms with van der Waals surface area (Å²) in [4.78, 5) is 18.2. The third-order valence-corrected chi connectivity index (χ3v) is 7.63.